The molecule has 4 heteroatoms. The van der Waals surface area contributed by atoms with Crippen molar-refractivity contribution in [1.29, 1.82) is 0 Å². The van der Waals surface area contributed by atoms with E-state index < -0.39 is 0 Å². The van der Waals surface area contributed by atoms with Crippen molar-refractivity contribution in [3.05, 3.63) is 23.8 Å². The molecule has 1 aromatic rings. The molecule has 1 amide bonds. The van der Waals surface area contributed by atoms with Gasteiger partial charge in [0.1, 0.15) is 5.75 Å². The molecule has 0 saturated heterocycles. The fourth-order valence-corrected chi connectivity index (χ4v) is 1.57. The molecular weight excluding hydrogens is 210 g/mol. The molecule has 1 N–H and O–H groups in total. The molecular formula is C11H15NO2S. The topological polar surface area (TPSA) is 38.3 Å². The second kappa shape index (κ2) is 5.66. The second-order valence-electron chi connectivity index (χ2n) is 3.18. The molecule has 0 aliphatic carbocycles. The molecule has 1 aromatic carbocycles. The number of methoxy groups -OCH3 is 1. The van der Waals surface area contributed by atoms with Gasteiger partial charge in [0.2, 0.25) is 5.91 Å². The van der Waals surface area contributed by atoms with Crippen molar-refractivity contribution in [2.45, 2.75) is 6.92 Å². The molecule has 0 aliphatic rings. The fraction of sp³-hybridized carbons (Fsp3) is 0.364. The third-order valence-electron chi connectivity index (χ3n) is 1.90. The van der Waals surface area contributed by atoms with Crippen LogP contribution in [0.15, 0.2) is 18.2 Å². The first-order chi connectivity index (χ1) is 7.17. The first-order valence-corrected chi connectivity index (χ1v) is 6.00. The Hall–Kier alpha value is -1.16. The number of amides is 1. The van der Waals surface area contributed by atoms with E-state index in [-0.39, 0.29) is 5.91 Å². The third-order valence-corrected chi connectivity index (χ3v) is 2.46. The normalized spacial score (nSPS) is 9.80. The summed E-state index contributed by atoms with van der Waals surface area (Å²) in [5.74, 6) is 1.14. The smallest absolute Gasteiger partial charge is 0.234 e. The molecule has 3 nitrogen and oxygen atoms in total. The van der Waals surface area contributed by atoms with Crippen molar-refractivity contribution >= 4 is 23.4 Å². The highest BCUT2D eigenvalue weighted by atomic mass is 32.2. The summed E-state index contributed by atoms with van der Waals surface area (Å²) in [4.78, 5) is 11.4. The molecule has 0 aromatic heterocycles. The van der Waals surface area contributed by atoms with Crippen LogP contribution in [0.4, 0.5) is 5.69 Å². The molecule has 0 aliphatic heterocycles. The third kappa shape index (κ3) is 3.47. The van der Waals surface area contributed by atoms with Crippen molar-refractivity contribution in [2.24, 2.45) is 0 Å². The van der Waals surface area contributed by atoms with E-state index in [2.05, 4.69) is 5.32 Å². The maximum Gasteiger partial charge on any atom is 0.234 e. The van der Waals surface area contributed by atoms with Crippen molar-refractivity contribution < 1.29 is 9.53 Å². The zero-order valence-corrected chi connectivity index (χ0v) is 9.98. The minimum absolute atomic E-state index is 0.00796. The van der Waals surface area contributed by atoms with Crippen LogP contribution in [0.3, 0.4) is 0 Å². The summed E-state index contributed by atoms with van der Waals surface area (Å²) in [5, 5.41) is 2.82. The van der Waals surface area contributed by atoms with Gasteiger partial charge in [0.05, 0.1) is 18.6 Å². The molecule has 82 valence electrons. The van der Waals surface area contributed by atoms with E-state index in [4.69, 9.17) is 4.74 Å². The van der Waals surface area contributed by atoms with Crippen LogP contribution < -0.4 is 10.1 Å². The van der Waals surface area contributed by atoms with E-state index in [0.717, 1.165) is 11.3 Å². The van der Waals surface area contributed by atoms with Gasteiger partial charge in [-0.15, -0.1) is 0 Å². The number of hydrogen-bond donors (Lipinski definition) is 1. The Morgan fingerprint density at radius 3 is 2.87 bits per heavy atom. The lowest BCUT2D eigenvalue weighted by molar-refractivity contribution is -0.113. The van der Waals surface area contributed by atoms with Crippen LogP contribution in [0.5, 0.6) is 5.75 Å². The molecule has 0 bridgehead atoms. The number of aryl methyl sites for hydroxylation is 1. The first kappa shape index (κ1) is 11.9. The van der Waals surface area contributed by atoms with Crippen LogP contribution >= 0.6 is 11.8 Å². The Morgan fingerprint density at radius 2 is 2.27 bits per heavy atom. The summed E-state index contributed by atoms with van der Waals surface area (Å²) >= 11 is 1.49. The lowest BCUT2D eigenvalue weighted by Gasteiger charge is -2.10. The average Bonchev–Trinajstić information content (AvgIpc) is 2.18. The van der Waals surface area contributed by atoms with E-state index >= 15 is 0 Å². The van der Waals surface area contributed by atoms with Gasteiger partial charge in [-0.2, -0.15) is 11.8 Å². The van der Waals surface area contributed by atoms with Crippen LogP contribution in [0, 0.1) is 6.92 Å². The number of carbonyl (C=O) groups excluding carboxylic acids is 1. The van der Waals surface area contributed by atoms with Crippen LogP contribution in [-0.4, -0.2) is 25.0 Å². The van der Waals surface area contributed by atoms with Crippen molar-refractivity contribution in [2.75, 3.05) is 24.4 Å². The Kier molecular flexibility index (Phi) is 4.49. The largest absolute Gasteiger partial charge is 0.495 e. The monoisotopic (exact) mass is 225 g/mol. The van der Waals surface area contributed by atoms with E-state index in [9.17, 15) is 4.79 Å². The molecule has 0 fully saturated rings. The van der Waals surface area contributed by atoms with Crippen LogP contribution in [-0.2, 0) is 4.79 Å². The molecule has 0 atom stereocenters. The van der Waals surface area contributed by atoms with E-state index in [1.54, 1.807) is 7.11 Å². The zero-order valence-electron chi connectivity index (χ0n) is 9.16. The maximum atomic E-state index is 11.4. The summed E-state index contributed by atoms with van der Waals surface area (Å²) in [5.41, 5.74) is 1.83. The van der Waals surface area contributed by atoms with Crippen LogP contribution in [0.2, 0.25) is 0 Å². The maximum absolute atomic E-state index is 11.4. The molecule has 15 heavy (non-hydrogen) atoms. The van der Waals surface area contributed by atoms with Gasteiger partial charge in [0.15, 0.2) is 0 Å². The standard InChI is InChI=1S/C11H15NO2S/c1-8-4-5-10(14-2)9(6-8)12-11(13)7-15-3/h4-6H,7H2,1-3H3,(H,12,13). The number of thioether (sulfide) groups is 1. The Labute approximate surface area is 94.2 Å². The lowest BCUT2D eigenvalue weighted by atomic mass is 10.2. The van der Waals surface area contributed by atoms with E-state index in [1.165, 1.54) is 11.8 Å². The van der Waals surface area contributed by atoms with Crippen molar-refractivity contribution in [1.82, 2.24) is 0 Å². The number of anilines is 1. The van der Waals surface area contributed by atoms with Gasteiger partial charge in [-0.05, 0) is 30.9 Å². The first-order valence-electron chi connectivity index (χ1n) is 4.61. The highest BCUT2D eigenvalue weighted by Crippen LogP contribution is 2.25. The number of carbonyl (C=O) groups is 1. The molecule has 0 spiro atoms. The van der Waals surface area contributed by atoms with Gasteiger partial charge in [-0.25, -0.2) is 0 Å². The second-order valence-corrected chi connectivity index (χ2v) is 4.05. The Morgan fingerprint density at radius 1 is 1.53 bits per heavy atom. The summed E-state index contributed by atoms with van der Waals surface area (Å²) in [7, 11) is 1.59. The Balaban J connectivity index is 2.82. The average molecular weight is 225 g/mol. The predicted molar refractivity (Wildman–Crippen MR) is 64.7 cm³/mol. The van der Waals surface area contributed by atoms with Gasteiger partial charge >= 0.3 is 0 Å². The highest BCUT2D eigenvalue weighted by Gasteiger charge is 2.06. The Bertz CT molecular complexity index is 352. The summed E-state index contributed by atoms with van der Waals surface area (Å²) in [6.07, 6.45) is 1.90. The summed E-state index contributed by atoms with van der Waals surface area (Å²) in [6.45, 7) is 1.98. The van der Waals surface area contributed by atoms with Gasteiger partial charge in [0.25, 0.3) is 0 Å². The molecule has 0 radical (unpaired) electrons. The number of rotatable bonds is 4. The zero-order chi connectivity index (χ0) is 11.3. The van der Waals surface area contributed by atoms with Gasteiger partial charge in [-0.3, -0.25) is 4.79 Å². The van der Waals surface area contributed by atoms with E-state index in [1.807, 2.05) is 31.4 Å². The van der Waals surface area contributed by atoms with Gasteiger partial charge < -0.3 is 10.1 Å². The molecule has 0 saturated carbocycles. The minimum Gasteiger partial charge on any atom is -0.495 e. The van der Waals surface area contributed by atoms with Crippen molar-refractivity contribution in [3.63, 3.8) is 0 Å². The quantitative estimate of drug-likeness (QED) is 0.854. The summed E-state index contributed by atoms with van der Waals surface area (Å²) in [6, 6.07) is 5.70. The van der Waals surface area contributed by atoms with Crippen LogP contribution in [0.25, 0.3) is 0 Å². The predicted octanol–water partition coefficient (Wildman–Crippen LogP) is 2.31. The number of hydrogen-bond acceptors (Lipinski definition) is 3. The molecule has 0 unspecified atom stereocenters. The minimum atomic E-state index is -0.00796. The van der Waals surface area contributed by atoms with Crippen LogP contribution in [0.1, 0.15) is 5.56 Å². The fourth-order valence-electron chi connectivity index (χ4n) is 1.24. The number of ether oxygens (including phenoxy) is 1. The lowest BCUT2D eigenvalue weighted by Crippen LogP contribution is -2.14. The molecule has 1 rings (SSSR count). The van der Waals surface area contributed by atoms with E-state index in [0.29, 0.717) is 11.5 Å². The number of nitrogens with one attached hydrogen (secondary N) is 1. The molecule has 0 heterocycles. The van der Waals surface area contributed by atoms with Gasteiger partial charge in [0, 0.05) is 0 Å². The van der Waals surface area contributed by atoms with Crippen molar-refractivity contribution in [3.8, 4) is 5.75 Å². The number of benzene rings is 1. The summed E-state index contributed by atoms with van der Waals surface area (Å²) < 4.78 is 5.16. The SMILES string of the molecule is COc1ccc(C)cc1NC(=O)CSC. The highest BCUT2D eigenvalue weighted by molar-refractivity contribution is 7.99. The van der Waals surface area contributed by atoms with Gasteiger partial charge in [-0.1, -0.05) is 6.07 Å².